The van der Waals surface area contributed by atoms with Crippen LogP contribution < -0.4 is 11.1 Å². The minimum Gasteiger partial charge on any atom is -0.478 e. The van der Waals surface area contributed by atoms with Crippen molar-refractivity contribution < 1.29 is 24.2 Å². The second-order valence-electron chi connectivity index (χ2n) is 8.56. The molecule has 0 aromatic rings. The Morgan fingerprint density at radius 1 is 1.19 bits per heavy atom. The van der Waals surface area contributed by atoms with Gasteiger partial charge in [0.05, 0.1) is 12.5 Å². The molecule has 0 aromatic carbocycles. The fourth-order valence-corrected chi connectivity index (χ4v) is 5.07. The Kier molecular flexibility index (Phi) is 7.56. The predicted molar refractivity (Wildman–Crippen MR) is 104 cm³/mol. The van der Waals surface area contributed by atoms with Crippen molar-refractivity contribution in [3.8, 4) is 0 Å². The average Bonchev–Trinajstić information content (AvgIpc) is 2.55. The molecule has 4 fully saturated rings. The lowest BCUT2D eigenvalue weighted by Crippen LogP contribution is -2.55. The van der Waals surface area contributed by atoms with Crippen molar-refractivity contribution in [1.82, 2.24) is 5.32 Å². The van der Waals surface area contributed by atoms with Crippen LogP contribution in [0.3, 0.4) is 0 Å². The van der Waals surface area contributed by atoms with E-state index in [-0.39, 0.29) is 18.2 Å². The molecule has 27 heavy (non-hydrogen) atoms. The van der Waals surface area contributed by atoms with Crippen molar-refractivity contribution in [2.24, 2.45) is 29.4 Å². The fraction of sp³-hybridized carbons (Fsp3) is 0.842. The summed E-state index contributed by atoms with van der Waals surface area (Å²) in [6, 6.07) is 0. The van der Waals surface area contributed by atoms with E-state index in [1.54, 1.807) is 6.92 Å². The summed E-state index contributed by atoms with van der Waals surface area (Å²) >= 11 is 3.90. The number of nitrogens with one attached hydrogen (secondary N) is 1. The van der Waals surface area contributed by atoms with Crippen molar-refractivity contribution >= 4 is 30.5 Å². The number of esters is 1. The van der Waals surface area contributed by atoms with Gasteiger partial charge in [-0.2, -0.15) is 12.6 Å². The number of hydrogen-bond acceptors (Lipinski definition) is 6. The molecular weight excluding hydrogens is 368 g/mol. The van der Waals surface area contributed by atoms with Gasteiger partial charge in [0.2, 0.25) is 12.0 Å². The monoisotopic (exact) mass is 400 g/mol. The lowest BCUT2D eigenvalue weighted by atomic mass is 9.53. The molecule has 2 atom stereocenters. The lowest BCUT2D eigenvalue weighted by Gasteiger charge is -2.55. The first kappa shape index (κ1) is 22.0. The molecule has 0 aliphatic heterocycles. The number of amides is 1. The number of aliphatic carboxylic acids is 1. The van der Waals surface area contributed by atoms with Gasteiger partial charge in [-0.15, -0.1) is 0 Å². The number of ether oxygens (including phenoxy) is 1. The van der Waals surface area contributed by atoms with Crippen molar-refractivity contribution in [2.45, 2.75) is 64.0 Å². The van der Waals surface area contributed by atoms with Gasteiger partial charge in [-0.05, 0) is 56.3 Å². The van der Waals surface area contributed by atoms with Gasteiger partial charge in [0.15, 0.2) is 0 Å². The first-order valence-electron chi connectivity index (χ1n) is 9.69. The third-order valence-corrected chi connectivity index (χ3v) is 6.38. The second kappa shape index (κ2) is 9.28. The molecule has 4 aliphatic rings. The summed E-state index contributed by atoms with van der Waals surface area (Å²) < 4.78 is 4.71. The largest absolute Gasteiger partial charge is 0.478 e. The van der Waals surface area contributed by atoms with Gasteiger partial charge < -0.3 is 20.9 Å². The van der Waals surface area contributed by atoms with E-state index >= 15 is 0 Å². The highest BCUT2D eigenvalue weighted by Crippen LogP contribution is 2.54. The van der Waals surface area contributed by atoms with E-state index in [1.165, 1.54) is 45.4 Å². The zero-order chi connectivity index (χ0) is 20.2. The van der Waals surface area contributed by atoms with E-state index in [1.807, 2.05) is 0 Å². The summed E-state index contributed by atoms with van der Waals surface area (Å²) in [6.45, 7) is 2.58. The highest BCUT2D eigenvalue weighted by Gasteiger charge is 2.48. The Labute approximate surface area is 166 Å². The maximum Gasteiger partial charge on any atom is 0.346 e. The van der Waals surface area contributed by atoms with Crippen LogP contribution in [0, 0.1) is 23.7 Å². The number of thiol groups is 1. The quantitative estimate of drug-likeness (QED) is 0.397. The number of hydrogen-bond donors (Lipinski definition) is 4. The van der Waals surface area contributed by atoms with Crippen molar-refractivity contribution in [1.29, 1.82) is 0 Å². The SMILES string of the molecule is CC(=O)NCC(OC(=O)[C@H](C)CS)C(=O)O.NC12CC3CC(CC(C3)C1)C2. The summed E-state index contributed by atoms with van der Waals surface area (Å²) in [5, 5.41) is 11.0. The smallest absolute Gasteiger partial charge is 0.346 e. The summed E-state index contributed by atoms with van der Waals surface area (Å²) in [7, 11) is 0. The fourth-order valence-electron chi connectivity index (χ4n) is 4.92. The molecule has 0 radical (unpaired) electrons. The third-order valence-electron chi connectivity index (χ3n) is 5.83. The molecule has 1 unspecified atom stereocenters. The first-order valence-corrected chi connectivity index (χ1v) is 10.3. The standard InChI is InChI=1S/C10H17N.C9H15NO5S/c11-10-4-7-1-8(5-10)3-9(2-7)6-10;1-5(4-16)9(14)15-7(8(12)13)3-10-6(2)11/h7-9H,1-6,11H2;5,7,16H,3-4H2,1-2H3,(H,10,11)(H,12,13)/t;5-,7?/m.1/s1. The number of carbonyl (C=O) groups excluding carboxylic acids is 2. The van der Waals surface area contributed by atoms with E-state index in [2.05, 4.69) is 17.9 Å². The Morgan fingerprint density at radius 3 is 2.00 bits per heavy atom. The number of carboxylic acids is 1. The maximum absolute atomic E-state index is 11.3. The van der Waals surface area contributed by atoms with Crippen LogP contribution in [0.5, 0.6) is 0 Å². The average molecular weight is 401 g/mol. The van der Waals surface area contributed by atoms with Crippen molar-refractivity contribution in [3.63, 3.8) is 0 Å². The third kappa shape index (κ3) is 6.38. The molecule has 4 aliphatic carbocycles. The maximum atomic E-state index is 11.3. The molecule has 0 saturated heterocycles. The normalized spacial score (nSPS) is 32.7. The highest BCUT2D eigenvalue weighted by molar-refractivity contribution is 7.80. The van der Waals surface area contributed by atoms with Gasteiger partial charge in [-0.1, -0.05) is 6.92 Å². The summed E-state index contributed by atoms with van der Waals surface area (Å²) in [5.74, 6) is 0.516. The summed E-state index contributed by atoms with van der Waals surface area (Å²) in [5.41, 5.74) is 6.62. The summed E-state index contributed by atoms with van der Waals surface area (Å²) in [4.78, 5) is 32.6. The minimum absolute atomic E-state index is 0.240. The molecule has 4 N–H and O–H groups in total. The molecule has 8 heteroatoms. The van der Waals surface area contributed by atoms with Crippen LogP contribution in [0.25, 0.3) is 0 Å². The Balaban J connectivity index is 0.000000203. The van der Waals surface area contributed by atoms with Gasteiger partial charge in [-0.25, -0.2) is 4.79 Å². The molecule has 0 heterocycles. The zero-order valence-corrected chi connectivity index (χ0v) is 17.0. The van der Waals surface area contributed by atoms with Gasteiger partial charge in [-0.3, -0.25) is 9.59 Å². The predicted octanol–water partition coefficient (Wildman–Crippen LogP) is 1.60. The summed E-state index contributed by atoms with van der Waals surface area (Å²) in [6.07, 6.45) is 7.21. The van der Waals surface area contributed by atoms with Crippen LogP contribution in [0.2, 0.25) is 0 Å². The van der Waals surface area contributed by atoms with Crippen LogP contribution in [0.4, 0.5) is 0 Å². The Morgan fingerprint density at radius 2 is 1.67 bits per heavy atom. The molecule has 4 rings (SSSR count). The van der Waals surface area contributed by atoms with Crippen LogP contribution in [-0.2, 0) is 19.1 Å². The van der Waals surface area contributed by atoms with E-state index in [4.69, 9.17) is 15.6 Å². The van der Waals surface area contributed by atoms with E-state index < -0.39 is 24.0 Å². The molecule has 4 bridgehead atoms. The van der Waals surface area contributed by atoms with E-state index in [9.17, 15) is 14.4 Å². The molecule has 4 saturated carbocycles. The van der Waals surface area contributed by atoms with E-state index in [0.29, 0.717) is 5.54 Å². The van der Waals surface area contributed by atoms with Crippen LogP contribution >= 0.6 is 12.6 Å². The highest BCUT2D eigenvalue weighted by atomic mass is 32.1. The molecule has 7 nitrogen and oxygen atoms in total. The van der Waals surface area contributed by atoms with Crippen molar-refractivity contribution in [3.05, 3.63) is 0 Å². The van der Waals surface area contributed by atoms with Gasteiger partial charge in [0.1, 0.15) is 0 Å². The van der Waals surface area contributed by atoms with Gasteiger partial charge in [0.25, 0.3) is 0 Å². The Hall–Kier alpha value is -1.28. The lowest BCUT2D eigenvalue weighted by molar-refractivity contribution is -0.166. The van der Waals surface area contributed by atoms with E-state index in [0.717, 1.165) is 17.8 Å². The number of carboxylic acid groups (broad SMARTS) is 1. The van der Waals surface area contributed by atoms with Crippen molar-refractivity contribution in [2.75, 3.05) is 12.3 Å². The number of nitrogens with two attached hydrogens (primary N) is 1. The van der Waals surface area contributed by atoms with Crippen LogP contribution in [0.15, 0.2) is 0 Å². The number of rotatable bonds is 6. The number of carbonyl (C=O) groups is 3. The molecular formula is C19H32N2O5S. The molecule has 0 spiro atoms. The second-order valence-corrected chi connectivity index (χ2v) is 8.93. The minimum atomic E-state index is -1.36. The molecule has 0 aromatic heterocycles. The molecule has 1 amide bonds. The van der Waals surface area contributed by atoms with Gasteiger partial charge in [0, 0.05) is 18.2 Å². The topological polar surface area (TPSA) is 119 Å². The van der Waals surface area contributed by atoms with Gasteiger partial charge >= 0.3 is 11.9 Å². The van der Waals surface area contributed by atoms with Crippen LogP contribution in [0.1, 0.15) is 52.4 Å². The Bertz CT molecular complexity index is 533. The zero-order valence-electron chi connectivity index (χ0n) is 16.1. The molecule has 154 valence electrons. The van der Waals surface area contributed by atoms with Crippen LogP contribution in [-0.4, -0.2) is 46.9 Å². The first-order chi connectivity index (χ1) is 12.6.